The van der Waals surface area contributed by atoms with Gasteiger partial charge in [0.25, 0.3) is 0 Å². The Bertz CT molecular complexity index is 428. The number of nitrogens with one attached hydrogen (secondary N) is 2. The second-order valence-corrected chi connectivity index (χ2v) is 4.72. The maximum Gasteiger partial charge on any atom is 0.244 e. The third-order valence-electron chi connectivity index (χ3n) is 3.11. The van der Waals surface area contributed by atoms with Gasteiger partial charge in [-0.3, -0.25) is 4.79 Å². The third-order valence-corrected chi connectivity index (χ3v) is 3.11. The second-order valence-electron chi connectivity index (χ2n) is 4.72. The van der Waals surface area contributed by atoms with Gasteiger partial charge >= 0.3 is 0 Å². The van der Waals surface area contributed by atoms with E-state index in [2.05, 4.69) is 17.6 Å². The molecule has 0 radical (unpaired) electrons. The smallest absolute Gasteiger partial charge is 0.244 e. The molecule has 4 nitrogen and oxygen atoms in total. The van der Waals surface area contributed by atoms with Crippen LogP contribution >= 0.6 is 0 Å². The van der Waals surface area contributed by atoms with E-state index in [1.54, 1.807) is 14.2 Å². The molecule has 0 aliphatic rings. The van der Waals surface area contributed by atoms with Gasteiger partial charge in [0, 0.05) is 0 Å². The Balaban J connectivity index is 2.98. The summed E-state index contributed by atoms with van der Waals surface area (Å²) in [4.78, 5) is 12.1. The average molecular weight is 250 g/mol. The summed E-state index contributed by atoms with van der Waals surface area (Å²) in [5, 5.41) is 5.88. The van der Waals surface area contributed by atoms with Crippen molar-refractivity contribution < 1.29 is 9.53 Å². The number of amides is 1. The normalized spacial score (nSPS) is 11.2. The number of ether oxygens (including phenoxy) is 1. The molecule has 1 aromatic carbocycles. The summed E-state index contributed by atoms with van der Waals surface area (Å²) >= 11 is 0. The molecule has 0 aliphatic heterocycles. The van der Waals surface area contributed by atoms with E-state index in [1.807, 2.05) is 32.0 Å². The van der Waals surface area contributed by atoms with E-state index in [4.69, 9.17) is 4.74 Å². The van der Waals surface area contributed by atoms with Crippen molar-refractivity contribution in [3.63, 3.8) is 0 Å². The molecular formula is C14H22N2O2. The summed E-state index contributed by atoms with van der Waals surface area (Å²) < 4.78 is 5.26. The van der Waals surface area contributed by atoms with Crippen LogP contribution in [0.15, 0.2) is 18.2 Å². The summed E-state index contributed by atoms with van der Waals surface area (Å²) in [5.74, 6) is 0.587. The molecule has 1 rings (SSSR count). The fourth-order valence-electron chi connectivity index (χ4n) is 1.46. The summed E-state index contributed by atoms with van der Waals surface area (Å²) in [5.41, 5.74) is 1.26. The Morgan fingerprint density at radius 1 is 1.39 bits per heavy atom. The minimum Gasteiger partial charge on any atom is -0.495 e. The quantitative estimate of drug-likeness (QED) is 0.842. The summed E-state index contributed by atoms with van der Waals surface area (Å²) in [6, 6.07) is 5.82. The fraction of sp³-hybridized carbons (Fsp3) is 0.500. The van der Waals surface area contributed by atoms with Gasteiger partial charge in [0.1, 0.15) is 5.75 Å². The predicted octanol–water partition coefficient (Wildman–Crippen LogP) is 2.19. The lowest BCUT2D eigenvalue weighted by Gasteiger charge is -2.23. The molecule has 1 amide bonds. The first-order valence-electron chi connectivity index (χ1n) is 6.12. The van der Waals surface area contributed by atoms with Gasteiger partial charge in [-0.15, -0.1) is 0 Å². The molecule has 0 heterocycles. The first-order valence-corrected chi connectivity index (χ1v) is 6.12. The van der Waals surface area contributed by atoms with Crippen LogP contribution in [0.3, 0.4) is 0 Å². The minimum atomic E-state index is -0.618. The molecule has 100 valence electrons. The van der Waals surface area contributed by atoms with Gasteiger partial charge < -0.3 is 15.4 Å². The molecule has 0 unspecified atom stereocenters. The van der Waals surface area contributed by atoms with Gasteiger partial charge in [-0.05, 0) is 45.0 Å². The molecule has 2 N–H and O–H groups in total. The Morgan fingerprint density at radius 2 is 2.06 bits per heavy atom. The van der Waals surface area contributed by atoms with E-state index < -0.39 is 5.54 Å². The largest absolute Gasteiger partial charge is 0.495 e. The molecule has 0 saturated carbocycles. The van der Waals surface area contributed by atoms with Crippen molar-refractivity contribution in [1.29, 1.82) is 0 Å². The Hall–Kier alpha value is -1.55. The van der Waals surface area contributed by atoms with Gasteiger partial charge in [-0.25, -0.2) is 0 Å². The second kappa shape index (κ2) is 5.87. The molecule has 0 bridgehead atoms. The zero-order chi connectivity index (χ0) is 13.8. The maximum atomic E-state index is 12.1. The minimum absolute atomic E-state index is 0.0865. The van der Waals surface area contributed by atoms with E-state index in [1.165, 1.54) is 0 Å². The number of benzene rings is 1. The van der Waals surface area contributed by atoms with Gasteiger partial charge in [0.2, 0.25) is 5.91 Å². The topological polar surface area (TPSA) is 50.4 Å². The standard InChI is InChI=1S/C14H22N2O2/c1-6-10-7-8-12(18-5)11(9-10)16-13(17)14(2,3)15-4/h7-9,15H,6H2,1-5H3,(H,16,17). The SMILES string of the molecule is CCc1ccc(OC)c(NC(=O)C(C)(C)NC)c1. The lowest BCUT2D eigenvalue weighted by molar-refractivity contribution is -0.121. The summed E-state index contributed by atoms with van der Waals surface area (Å²) in [7, 11) is 3.36. The van der Waals surface area contributed by atoms with Crippen molar-refractivity contribution in [2.24, 2.45) is 0 Å². The third kappa shape index (κ3) is 3.23. The monoisotopic (exact) mass is 250 g/mol. The molecule has 0 saturated heterocycles. The van der Waals surface area contributed by atoms with Gasteiger partial charge in [-0.1, -0.05) is 13.0 Å². The van der Waals surface area contributed by atoms with Crippen molar-refractivity contribution in [2.75, 3.05) is 19.5 Å². The lowest BCUT2D eigenvalue weighted by atomic mass is 10.0. The average Bonchev–Trinajstić information content (AvgIpc) is 2.38. The van der Waals surface area contributed by atoms with E-state index in [-0.39, 0.29) is 5.91 Å². The van der Waals surface area contributed by atoms with E-state index in [0.717, 1.165) is 12.0 Å². The maximum absolute atomic E-state index is 12.1. The van der Waals surface area contributed by atoms with E-state index in [0.29, 0.717) is 11.4 Å². The number of rotatable bonds is 5. The Labute approximate surface area is 109 Å². The highest BCUT2D eigenvalue weighted by Gasteiger charge is 2.25. The van der Waals surface area contributed by atoms with Crippen molar-refractivity contribution in [3.8, 4) is 5.75 Å². The van der Waals surface area contributed by atoms with Crippen LogP contribution in [0.5, 0.6) is 5.75 Å². The van der Waals surface area contributed by atoms with Crippen LogP contribution in [0.25, 0.3) is 0 Å². The first-order chi connectivity index (χ1) is 8.44. The van der Waals surface area contributed by atoms with Gasteiger partial charge in [-0.2, -0.15) is 0 Å². The molecule has 4 heteroatoms. The van der Waals surface area contributed by atoms with Crippen LogP contribution in [0.1, 0.15) is 26.3 Å². The van der Waals surface area contributed by atoms with Crippen LogP contribution in [0.2, 0.25) is 0 Å². The van der Waals surface area contributed by atoms with Crippen LogP contribution in [-0.4, -0.2) is 25.6 Å². The zero-order valence-corrected chi connectivity index (χ0v) is 11.8. The van der Waals surface area contributed by atoms with Gasteiger partial charge in [0.15, 0.2) is 0 Å². The fourth-order valence-corrected chi connectivity index (χ4v) is 1.46. The number of methoxy groups -OCH3 is 1. The summed E-state index contributed by atoms with van der Waals surface area (Å²) in [6.45, 7) is 5.74. The lowest BCUT2D eigenvalue weighted by Crippen LogP contribution is -2.47. The van der Waals surface area contributed by atoms with Crippen molar-refractivity contribution in [2.45, 2.75) is 32.7 Å². The number of anilines is 1. The number of carbonyl (C=O) groups excluding carboxylic acids is 1. The van der Waals surface area contributed by atoms with Crippen LogP contribution < -0.4 is 15.4 Å². The molecular weight excluding hydrogens is 228 g/mol. The van der Waals surface area contributed by atoms with Crippen molar-refractivity contribution in [1.82, 2.24) is 5.32 Å². The number of hydrogen-bond acceptors (Lipinski definition) is 3. The van der Waals surface area contributed by atoms with Crippen molar-refractivity contribution in [3.05, 3.63) is 23.8 Å². The first kappa shape index (κ1) is 14.5. The molecule has 18 heavy (non-hydrogen) atoms. The van der Waals surface area contributed by atoms with Crippen molar-refractivity contribution >= 4 is 11.6 Å². The molecule has 0 atom stereocenters. The number of hydrogen-bond donors (Lipinski definition) is 2. The van der Waals surface area contributed by atoms with E-state index >= 15 is 0 Å². The number of aryl methyl sites for hydroxylation is 1. The predicted molar refractivity (Wildman–Crippen MR) is 74.1 cm³/mol. The highest BCUT2D eigenvalue weighted by Crippen LogP contribution is 2.26. The Morgan fingerprint density at radius 3 is 2.56 bits per heavy atom. The highest BCUT2D eigenvalue weighted by atomic mass is 16.5. The van der Waals surface area contributed by atoms with E-state index in [9.17, 15) is 4.79 Å². The molecule has 0 fully saturated rings. The Kier molecular flexibility index (Phi) is 4.73. The number of carbonyl (C=O) groups is 1. The summed E-state index contributed by atoms with van der Waals surface area (Å²) in [6.07, 6.45) is 0.919. The zero-order valence-electron chi connectivity index (χ0n) is 11.8. The van der Waals surface area contributed by atoms with Gasteiger partial charge in [0.05, 0.1) is 18.3 Å². The molecule has 0 aliphatic carbocycles. The number of likely N-dealkylation sites (N-methyl/N-ethyl adjacent to an activating group) is 1. The van der Waals surface area contributed by atoms with Crippen LogP contribution in [-0.2, 0) is 11.2 Å². The molecule has 1 aromatic rings. The highest BCUT2D eigenvalue weighted by molar-refractivity contribution is 5.98. The molecule has 0 spiro atoms. The molecule has 0 aromatic heterocycles. The van der Waals surface area contributed by atoms with Crippen LogP contribution in [0.4, 0.5) is 5.69 Å². The van der Waals surface area contributed by atoms with Crippen LogP contribution in [0, 0.1) is 0 Å².